The number of carboxylic acid groups (broad SMARTS) is 1. The van der Waals surface area contributed by atoms with Gasteiger partial charge in [-0.3, -0.25) is 14.4 Å². The van der Waals surface area contributed by atoms with E-state index in [1.54, 1.807) is 4.90 Å². The SMILES string of the molecule is Cc1cc(C)cc(N2CC[C@H](C(=O)N3CC[C@@H](C(=O)O)C3)C2=O)c1. The van der Waals surface area contributed by atoms with Crippen LogP contribution in [0, 0.1) is 25.7 Å². The number of carboxylic acids is 1. The van der Waals surface area contributed by atoms with Crippen molar-refractivity contribution in [3.05, 3.63) is 29.3 Å². The van der Waals surface area contributed by atoms with Crippen molar-refractivity contribution in [2.45, 2.75) is 26.7 Å². The molecule has 2 atom stereocenters. The van der Waals surface area contributed by atoms with Crippen molar-refractivity contribution in [1.82, 2.24) is 4.90 Å². The van der Waals surface area contributed by atoms with Crippen LogP contribution < -0.4 is 4.90 Å². The van der Waals surface area contributed by atoms with Crippen LogP contribution in [-0.2, 0) is 14.4 Å². The molecule has 0 aliphatic carbocycles. The second-order valence-electron chi connectivity index (χ2n) is 6.79. The highest BCUT2D eigenvalue weighted by atomic mass is 16.4. The van der Waals surface area contributed by atoms with Gasteiger partial charge < -0.3 is 14.9 Å². The van der Waals surface area contributed by atoms with Crippen LogP contribution in [0.5, 0.6) is 0 Å². The molecule has 2 amide bonds. The lowest BCUT2D eigenvalue weighted by Gasteiger charge is -2.21. The number of carbonyl (C=O) groups is 3. The highest BCUT2D eigenvalue weighted by molar-refractivity contribution is 6.09. The monoisotopic (exact) mass is 330 g/mol. The van der Waals surface area contributed by atoms with E-state index in [-0.39, 0.29) is 18.4 Å². The highest BCUT2D eigenvalue weighted by Gasteiger charge is 2.42. The van der Waals surface area contributed by atoms with Crippen molar-refractivity contribution in [3.63, 3.8) is 0 Å². The number of amides is 2. The van der Waals surface area contributed by atoms with E-state index in [2.05, 4.69) is 0 Å². The van der Waals surface area contributed by atoms with Crippen LogP contribution in [0.2, 0.25) is 0 Å². The largest absolute Gasteiger partial charge is 0.481 e. The molecule has 0 aromatic heterocycles. The molecule has 3 rings (SSSR count). The number of carbonyl (C=O) groups excluding carboxylic acids is 2. The number of nitrogens with zero attached hydrogens (tertiary/aromatic N) is 2. The lowest BCUT2D eigenvalue weighted by Crippen LogP contribution is -2.39. The molecular weight excluding hydrogens is 308 g/mol. The van der Waals surface area contributed by atoms with Crippen molar-refractivity contribution in [2.24, 2.45) is 11.8 Å². The van der Waals surface area contributed by atoms with Gasteiger partial charge in [-0.2, -0.15) is 0 Å². The van der Waals surface area contributed by atoms with Gasteiger partial charge in [0.05, 0.1) is 5.92 Å². The van der Waals surface area contributed by atoms with Crippen LogP contribution in [0.4, 0.5) is 5.69 Å². The number of benzene rings is 1. The maximum Gasteiger partial charge on any atom is 0.308 e. The number of anilines is 1. The van der Waals surface area contributed by atoms with E-state index in [1.807, 2.05) is 32.0 Å². The first-order chi connectivity index (χ1) is 11.4. The van der Waals surface area contributed by atoms with E-state index in [1.165, 1.54) is 4.90 Å². The van der Waals surface area contributed by atoms with Crippen molar-refractivity contribution < 1.29 is 19.5 Å². The van der Waals surface area contributed by atoms with Gasteiger partial charge in [0.15, 0.2) is 0 Å². The van der Waals surface area contributed by atoms with E-state index < -0.39 is 17.8 Å². The van der Waals surface area contributed by atoms with Gasteiger partial charge >= 0.3 is 5.97 Å². The molecule has 2 saturated heterocycles. The lowest BCUT2D eigenvalue weighted by atomic mass is 10.1. The maximum atomic E-state index is 12.7. The Morgan fingerprint density at radius 1 is 1.08 bits per heavy atom. The first kappa shape index (κ1) is 16.5. The first-order valence-corrected chi connectivity index (χ1v) is 8.28. The average molecular weight is 330 g/mol. The molecule has 0 bridgehead atoms. The third kappa shape index (κ3) is 3.00. The summed E-state index contributed by atoms with van der Waals surface area (Å²) >= 11 is 0. The van der Waals surface area contributed by atoms with Gasteiger partial charge in [0.2, 0.25) is 11.8 Å². The number of aryl methyl sites for hydroxylation is 2. The Morgan fingerprint density at radius 3 is 2.33 bits per heavy atom. The first-order valence-electron chi connectivity index (χ1n) is 8.28. The fourth-order valence-electron chi connectivity index (χ4n) is 3.65. The zero-order valence-corrected chi connectivity index (χ0v) is 14.0. The van der Waals surface area contributed by atoms with E-state index in [4.69, 9.17) is 5.11 Å². The molecule has 2 heterocycles. The molecule has 1 aromatic carbocycles. The number of hydrogen-bond acceptors (Lipinski definition) is 3. The van der Waals surface area contributed by atoms with Gasteiger partial charge in [-0.15, -0.1) is 0 Å². The Hall–Kier alpha value is -2.37. The molecule has 128 valence electrons. The summed E-state index contributed by atoms with van der Waals surface area (Å²) in [4.78, 5) is 39.6. The number of aliphatic carboxylic acids is 1. The lowest BCUT2D eigenvalue weighted by molar-refractivity contribution is -0.142. The summed E-state index contributed by atoms with van der Waals surface area (Å²) in [7, 11) is 0. The molecule has 2 fully saturated rings. The molecule has 0 saturated carbocycles. The highest BCUT2D eigenvalue weighted by Crippen LogP contribution is 2.29. The maximum absolute atomic E-state index is 12.7. The molecule has 1 N–H and O–H groups in total. The number of rotatable bonds is 3. The minimum Gasteiger partial charge on any atom is -0.481 e. The summed E-state index contributed by atoms with van der Waals surface area (Å²) in [6.07, 6.45) is 0.946. The smallest absolute Gasteiger partial charge is 0.308 e. The number of hydrogen-bond donors (Lipinski definition) is 1. The van der Waals surface area contributed by atoms with E-state index >= 15 is 0 Å². The minimum absolute atomic E-state index is 0.177. The van der Waals surface area contributed by atoms with Crippen molar-refractivity contribution in [3.8, 4) is 0 Å². The van der Waals surface area contributed by atoms with E-state index in [9.17, 15) is 14.4 Å². The summed E-state index contributed by atoms with van der Waals surface area (Å²) in [5, 5.41) is 9.06. The van der Waals surface area contributed by atoms with Gasteiger partial charge in [0.25, 0.3) is 0 Å². The van der Waals surface area contributed by atoms with Gasteiger partial charge in [-0.1, -0.05) is 6.07 Å². The Balaban J connectivity index is 1.72. The van der Waals surface area contributed by atoms with Gasteiger partial charge in [-0.25, -0.2) is 0 Å². The standard InChI is InChI=1S/C18H22N2O4/c1-11-7-12(2)9-14(8-11)20-6-4-15(17(20)22)16(21)19-5-3-13(10-19)18(23)24/h7-9,13,15H,3-6,10H2,1-2H3,(H,23,24)/t13-,15-/m1/s1. The summed E-state index contributed by atoms with van der Waals surface area (Å²) in [6, 6.07) is 5.95. The predicted molar refractivity (Wildman–Crippen MR) is 88.7 cm³/mol. The molecule has 0 unspecified atom stereocenters. The molecule has 0 radical (unpaired) electrons. The molecule has 1 aromatic rings. The van der Waals surface area contributed by atoms with Crippen molar-refractivity contribution in [1.29, 1.82) is 0 Å². The molecule has 6 nitrogen and oxygen atoms in total. The molecule has 24 heavy (non-hydrogen) atoms. The normalized spacial score (nSPS) is 23.8. The summed E-state index contributed by atoms with van der Waals surface area (Å²) in [5.74, 6) is -2.47. The molecule has 0 spiro atoms. The second-order valence-corrected chi connectivity index (χ2v) is 6.79. The number of likely N-dealkylation sites (tertiary alicyclic amines) is 1. The molecule has 2 aliphatic rings. The van der Waals surface area contributed by atoms with Crippen LogP contribution in [0.1, 0.15) is 24.0 Å². The van der Waals surface area contributed by atoms with Crippen LogP contribution in [-0.4, -0.2) is 47.4 Å². The zero-order chi connectivity index (χ0) is 17.4. The fraction of sp³-hybridized carbons (Fsp3) is 0.500. The molecule has 6 heteroatoms. The minimum atomic E-state index is -0.875. The molecular formula is C18H22N2O4. The van der Waals surface area contributed by atoms with Crippen LogP contribution in [0.15, 0.2) is 18.2 Å². The van der Waals surface area contributed by atoms with Crippen molar-refractivity contribution in [2.75, 3.05) is 24.5 Å². The van der Waals surface area contributed by atoms with Crippen molar-refractivity contribution >= 4 is 23.5 Å². The Morgan fingerprint density at radius 2 is 1.75 bits per heavy atom. The second kappa shape index (κ2) is 6.26. The van der Waals surface area contributed by atoms with E-state index in [0.29, 0.717) is 25.9 Å². The summed E-state index contributed by atoms with van der Waals surface area (Å²) in [6.45, 7) is 5.12. The van der Waals surface area contributed by atoms with E-state index in [0.717, 1.165) is 16.8 Å². The third-order valence-electron chi connectivity index (χ3n) is 4.87. The van der Waals surface area contributed by atoms with Crippen LogP contribution >= 0.6 is 0 Å². The Kier molecular flexibility index (Phi) is 4.30. The van der Waals surface area contributed by atoms with Crippen LogP contribution in [0.3, 0.4) is 0 Å². The summed E-state index contributed by atoms with van der Waals surface area (Å²) < 4.78 is 0. The predicted octanol–water partition coefficient (Wildman–Crippen LogP) is 1.59. The topological polar surface area (TPSA) is 77.9 Å². The van der Waals surface area contributed by atoms with Crippen LogP contribution in [0.25, 0.3) is 0 Å². The summed E-state index contributed by atoms with van der Waals surface area (Å²) in [5.41, 5.74) is 2.99. The zero-order valence-electron chi connectivity index (χ0n) is 14.0. The Bertz CT molecular complexity index is 680. The fourth-order valence-corrected chi connectivity index (χ4v) is 3.65. The van der Waals surface area contributed by atoms with Gasteiger partial charge in [-0.05, 0) is 49.9 Å². The Labute approximate surface area is 141 Å². The van der Waals surface area contributed by atoms with Gasteiger partial charge in [0, 0.05) is 25.3 Å². The third-order valence-corrected chi connectivity index (χ3v) is 4.87. The quantitative estimate of drug-likeness (QED) is 0.854. The molecule has 2 aliphatic heterocycles. The average Bonchev–Trinajstić information content (AvgIpc) is 3.12. The van der Waals surface area contributed by atoms with Gasteiger partial charge in [0.1, 0.15) is 5.92 Å².